The van der Waals surface area contributed by atoms with Crippen LogP contribution >= 0.6 is 0 Å². The third-order valence-electron chi connectivity index (χ3n) is 3.21. The smallest absolute Gasteiger partial charge is 0.264 e. The predicted octanol–water partition coefficient (Wildman–Crippen LogP) is -0.162. The first-order valence-electron chi connectivity index (χ1n) is 6.18. The maximum atomic E-state index is 11.0. The van der Waals surface area contributed by atoms with Gasteiger partial charge in [-0.05, 0) is 20.3 Å². The van der Waals surface area contributed by atoms with Crippen molar-refractivity contribution in [3.63, 3.8) is 0 Å². The van der Waals surface area contributed by atoms with Crippen LogP contribution in [0.5, 0.6) is 0 Å². The van der Waals surface area contributed by atoms with Gasteiger partial charge in [-0.2, -0.15) is 8.42 Å². The van der Waals surface area contributed by atoms with E-state index in [4.69, 9.17) is 23.5 Å². The normalized spacial score (nSPS) is 37.5. The van der Waals surface area contributed by atoms with Crippen molar-refractivity contribution in [3.8, 4) is 0 Å². The topological polar surface area (TPSA) is 91.3 Å². The second-order valence-electron chi connectivity index (χ2n) is 5.31. The van der Waals surface area contributed by atoms with E-state index in [2.05, 4.69) is 0 Å². The van der Waals surface area contributed by atoms with E-state index in [9.17, 15) is 8.42 Å². The highest BCUT2D eigenvalue weighted by Crippen LogP contribution is 2.42. The molecule has 0 saturated carbocycles. The summed E-state index contributed by atoms with van der Waals surface area (Å²) in [6.07, 6.45) is 0.112. The molecule has 0 amide bonds. The standard InChI is InChI=1S/C11H20O7S/c1-11(2)17-9-7(4-5-12)8(16-10(9)18-11)6-15-19(3,13)14/h7-10,12H,4-6H2,1-3H3/t7-,8-,9-,10-/m1/s1. The van der Waals surface area contributed by atoms with Crippen molar-refractivity contribution in [1.29, 1.82) is 0 Å². The van der Waals surface area contributed by atoms with Crippen molar-refractivity contribution in [1.82, 2.24) is 0 Å². The monoisotopic (exact) mass is 296 g/mol. The first-order chi connectivity index (χ1) is 8.72. The number of hydrogen-bond acceptors (Lipinski definition) is 7. The van der Waals surface area contributed by atoms with Gasteiger partial charge in [0, 0.05) is 12.5 Å². The van der Waals surface area contributed by atoms with Crippen LogP contribution in [0.25, 0.3) is 0 Å². The molecule has 2 heterocycles. The summed E-state index contributed by atoms with van der Waals surface area (Å²) in [6.45, 7) is 3.44. The summed E-state index contributed by atoms with van der Waals surface area (Å²) in [5, 5.41) is 9.11. The third-order valence-corrected chi connectivity index (χ3v) is 3.77. The number of aliphatic hydroxyl groups excluding tert-OH is 1. The van der Waals surface area contributed by atoms with E-state index in [1.54, 1.807) is 13.8 Å². The van der Waals surface area contributed by atoms with E-state index in [1.165, 1.54) is 0 Å². The van der Waals surface area contributed by atoms with Crippen molar-refractivity contribution < 1.29 is 31.9 Å². The molecule has 0 aromatic rings. The molecule has 0 aliphatic carbocycles. The second-order valence-corrected chi connectivity index (χ2v) is 6.95. The second kappa shape index (κ2) is 5.27. The highest BCUT2D eigenvalue weighted by Gasteiger charge is 2.54. The van der Waals surface area contributed by atoms with Gasteiger partial charge in [-0.1, -0.05) is 0 Å². The molecule has 2 aliphatic heterocycles. The molecule has 0 radical (unpaired) electrons. The molecule has 2 rings (SSSR count). The van der Waals surface area contributed by atoms with Crippen LogP contribution < -0.4 is 0 Å². The molecule has 0 aromatic heterocycles. The summed E-state index contributed by atoms with van der Waals surface area (Å²) in [5.41, 5.74) is 0. The first-order valence-corrected chi connectivity index (χ1v) is 8.00. The van der Waals surface area contributed by atoms with E-state index < -0.39 is 28.3 Å². The largest absolute Gasteiger partial charge is 0.396 e. The molecule has 19 heavy (non-hydrogen) atoms. The zero-order valence-corrected chi connectivity index (χ0v) is 12.1. The van der Waals surface area contributed by atoms with Crippen LogP contribution in [0.2, 0.25) is 0 Å². The van der Waals surface area contributed by atoms with Crippen LogP contribution in [0.4, 0.5) is 0 Å². The minimum Gasteiger partial charge on any atom is -0.396 e. The Labute approximate surface area is 112 Å². The Morgan fingerprint density at radius 1 is 1.32 bits per heavy atom. The Bertz CT molecular complexity index is 419. The maximum absolute atomic E-state index is 11.0. The van der Waals surface area contributed by atoms with E-state index in [1.807, 2.05) is 0 Å². The van der Waals surface area contributed by atoms with Gasteiger partial charge in [-0.15, -0.1) is 0 Å². The first kappa shape index (κ1) is 15.1. The number of hydrogen-bond donors (Lipinski definition) is 1. The van der Waals surface area contributed by atoms with E-state index in [0.717, 1.165) is 6.26 Å². The Hall–Kier alpha value is -0.250. The van der Waals surface area contributed by atoms with Gasteiger partial charge in [-0.3, -0.25) is 4.18 Å². The van der Waals surface area contributed by atoms with Crippen molar-refractivity contribution in [2.24, 2.45) is 5.92 Å². The van der Waals surface area contributed by atoms with Crippen LogP contribution in [-0.4, -0.2) is 57.3 Å². The molecular weight excluding hydrogens is 276 g/mol. The lowest BCUT2D eigenvalue weighted by Gasteiger charge is -2.25. The summed E-state index contributed by atoms with van der Waals surface area (Å²) < 4.78 is 43.7. The summed E-state index contributed by atoms with van der Waals surface area (Å²) in [7, 11) is -3.52. The molecule has 0 bridgehead atoms. The Kier molecular flexibility index (Phi) is 4.20. The lowest BCUT2D eigenvalue weighted by atomic mass is 9.95. The fraction of sp³-hybridized carbons (Fsp3) is 1.00. The van der Waals surface area contributed by atoms with Crippen molar-refractivity contribution in [2.75, 3.05) is 19.5 Å². The minimum absolute atomic E-state index is 0.0313. The average Bonchev–Trinajstić information content (AvgIpc) is 2.69. The Balaban J connectivity index is 2.02. The molecule has 112 valence electrons. The summed E-state index contributed by atoms with van der Waals surface area (Å²) in [6, 6.07) is 0. The molecule has 2 fully saturated rings. The molecule has 8 heteroatoms. The van der Waals surface area contributed by atoms with E-state index >= 15 is 0 Å². The highest BCUT2D eigenvalue weighted by molar-refractivity contribution is 7.85. The van der Waals surface area contributed by atoms with Crippen LogP contribution in [0.15, 0.2) is 0 Å². The average molecular weight is 296 g/mol. The molecular formula is C11H20O7S. The van der Waals surface area contributed by atoms with Crippen LogP contribution in [0.1, 0.15) is 20.3 Å². The summed E-state index contributed by atoms with van der Waals surface area (Å²) in [4.78, 5) is 0. The SMILES string of the molecule is CC1(C)O[C@H]2O[C@H](COS(C)(=O)=O)[C@@H](CCO)[C@H]2O1. The van der Waals surface area contributed by atoms with Crippen LogP contribution in [0, 0.1) is 5.92 Å². The third kappa shape index (κ3) is 3.65. The fourth-order valence-corrected chi connectivity index (χ4v) is 2.87. The van der Waals surface area contributed by atoms with Gasteiger partial charge in [0.1, 0.15) is 6.10 Å². The van der Waals surface area contributed by atoms with E-state index in [-0.39, 0.29) is 25.2 Å². The lowest BCUT2D eigenvalue weighted by Crippen LogP contribution is -2.33. The molecule has 2 aliphatic rings. The Morgan fingerprint density at radius 2 is 2.00 bits per heavy atom. The molecule has 4 atom stereocenters. The molecule has 0 unspecified atom stereocenters. The molecule has 0 aromatic carbocycles. The fourth-order valence-electron chi connectivity index (χ4n) is 2.49. The zero-order chi connectivity index (χ0) is 14.3. The van der Waals surface area contributed by atoms with Crippen molar-refractivity contribution in [2.45, 2.75) is 44.6 Å². The number of aliphatic hydroxyl groups is 1. The van der Waals surface area contributed by atoms with Gasteiger partial charge in [-0.25, -0.2) is 0 Å². The highest BCUT2D eigenvalue weighted by atomic mass is 32.2. The van der Waals surface area contributed by atoms with Gasteiger partial charge < -0.3 is 19.3 Å². The van der Waals surface area contributed by atoms with Gasteiger partial charge in [0.25, 0.3) is 10.1 Å². The molecule has 7 nitrogen and oxygen atoms in total. The van der Waals surface area contributed by atoms with Gasteiger partial charge >= 0.3 is 0 Å². The summed E-state index contributed by atoms with van der Waals surface area (Å²) >= 11 is 0. The van der Waals surface area contributed by atoms with Gasteiger partial charge in [0.15, 0.2) is 12.1 Å². The van der Waals surface area contributed by atoms with Crippen LogP contribution in [0.3, 0.4) is 0 Å². The molecule has 0 spiro atoms. The van der Waals surface area contributed by atoms with Crippen LogP contribution in [-0.2, 0) is 28.5 Å². The van der Waals surface area contributed by atoms with Crippen molar-refractivity contribution in [3.05, 3.63) is 0 Å². The number of fused-ring (bicyclic) bond motifs is 1. The van der Waals surface area contributed by atoms with Crippen molar-refractivity contribution >= 4 is 10.1 Å². The maximum Gasteiger partial charge on any atom is 0.264 e. The van der Waals surface area contributed by atoms with Gasteiger partial charge in [0.2, 0.25) is 0 Å². The minimum atomic E-state index is -3.52. The number of ether oxygens (including phenoxy) is 3. The lowest BCUT2D eigenvalue weighted by molar-refractivity contribution is -0.213. The molecule has 1 N–H and O–H groups in total. The van der Waals surface area contributed by atoms with E-state index in [0.29, 0.717) is 6.42 Å². The van der Waals surface area contributed by atoms with Gasteiger partial charge in [0.05, 0.1) is 19.0 Å². The molecule has 2 saturated heterocycles. The zero-order valence-electron chi connectivity index (χ0n) is 11.2. The Morgan fingerprint density at radius 3 is 2.58 bits per heavy atom. The predicted molar refractivity (Wildman–Crippen MR) is 64.7 cm³/mol. The quantitative estimate of drug-likeness (QED) is 0.705. The summed E-state index contributed by atoms with van der Waals surface area (Å²) in [5.74, 6) is -0.885. The number of rotatable bonds is 5.